The number of amides is 1. The third kappa shape index (κ3) is 2.88. The second-order valence-electron chi connectivity index (χ2n) is 3.58. The minimum absolute atomic E-state index is 0.204. The number of thioether (sulfide) groups is 1. The van der Waals surface area contributed by atoms with Gasteiger partial charge in [0.1, 0.15) is 0 Å². The summed E-state index contributed by atoms with van der Waals surface area (Å²) in [5, 5.41) is 0. The zero-order valence-electron chi connectivity index (χ0n) is 8.32. The maximum Gasteiger partial charge on any atom is 0.232 e. The molecule has 1 unspecified atom stereocenters. The van der Waals surface area contributed by atoms with E-state index in [0.717, 1.165) is 0 Å². The first-order valence-electron chi connectivity index (χ1n) is 4.65. The zero-order chi connectivity index (χ0) is 9.84. The van der Waals surface area contributed by atoms with Crippen molar-refractivity contribution in [2.45, 2.75) is 18.9 Å². The Kier molecular flexibility index (Phi) is 4.06. The molecule has 1 aliphatic carbocycles. The van der Waals surface area contributed by atoms with Crippen molar-refractivity contribution in [3.63, 3.8) is 0 Å². The second kappa shape index (κ2) is 4.86. The van der Waals surface area contributed by atoms with Gasteiger partial charge in [0.05, 0.1) is 5.75 Å². The first kappa shape index (κ1) is 10.9. The van der Waals surface area contributed by atoms with Crippen LogP contribution < -0.4 is 5.73 Å². The predicted molar refractivity (Wildman–Crippen MR) is 56.7 cm³/mol. The number of hydrogen-bond acceptors (Lipinski definition) is 3. The van der Waals surface area contributed by atoms with Crippen LogP contribution in [0.5, 0.6) is 0 Å². The van der Waals surface area contributed by atoms with Crippen molar-refractivity contribution >= 4 is 17.7 Å². The van der Waals surface area contributed by atoms with Crippen LogP contribution in [0.2, 0.25) is 0 Å². The van der Waals surface area contributed by atoms with Crippen LogP contribution in [0.25, 0.3) is 0 Å². The van der Waals surface area contributed by atoms with Crippen molar-refractivity contribution in [2.24, 2.45) is 11.7 Å². The zero-order valence-corrected chi connectivity index (χ0v) is 9.14. The lowest BCUT2D eigenvalue weighted by Gasteiger charge is -2.26. The lowest BCUT2D eigenvalue weighted by molar-refractivity contribution is -0.129. The number of nitrogens with zero attached hydrogens (tertiary/aromatic N) is 1. The fourth-order valence-electron chi connectivity index (χ4n) is 1.56. The first-order chi connectivity index (χ1) is 6.20. The van der Waals surface area contributed by atoms with Crippen LogP contribution in [0.15, 0.2) is 0 Å². The Balaban J connectivity index is 2.42. The number of carbonyl (C=O) groups is 1. The van der Waals surface area contributed by atoms with E-state index in [1.165, 1.54) is 12.8 Å². The van der Waals surface area contributed by atoms with Crippen molar-refractivity contribution in [1.82, 2.24) is 4.90 Å². The minimum atomic E-state index is 0.204. The van der Waals surface area contributed by atoms with E-state index in [0.29, 0.717) is 18.2 Å². The van der Waals surface area contributed by atoms with Crippen molar-refractivity contribution in [3.05, 3.63) is 0 Å². The van der Waals surface area contributed by atoms with Crippen molar-refractivity contribution in [2.75, 3.05) is 25.6 Å². The predicted octanol–water partition coefficient (Wildman–Crippen LogP) is 0.545. The van der Waals surface area contributed by atoms with Gasteiger partial charge in [0.2, 0.25) is 5.91 Å². The van der Waals surface area contributed by atoms with E-state index in [9.17, 15) is 4.79 Å². The lowest BCUT2D eigenvalue weighted by Crippen LogP contribution is -2.44. The molecule has 0 heterocycles. The minimum Gasteiger partial charge on any atom is -0.341 e. The molecule has 1 fully saturated rings. The largest absolute Gasteiger partial charge is 0.341 e. The van der Waals surface area contributed by atoms with Gasteiger partial charge in [-0.25, -0.2) is 0 Å². The molecular formula is C9H18N2OS. The molecule has 1 saturated carbocycles. The van der Waals surface area contributed by atoms with Gasteiger partial charge in [0.25, 0.3) is 0 Å². The van der Waals surface area contributed by atoms with Gasteiger partial charge in [-0.15, -0.1) is 0 Å². The molecule has 0 aromatic rings. The molecule has 76 valence electrons. The third-order valence-electron chi connectivity index (χ3n) is 2.57. The molecule has 0 saturated heterocycles. The molecular weight excluding hydrogens is 184 g/mol. The van der Waals surface area contributed by atoms with Gasteiger partial charge in [-0.05, 0) is 25.0 Å². The Bertz CT molecular complexity index is 182. The normalized spacial score (nSPS) is 18.4. The Morgan fingerprint density at radius 2 is 2.31 bits per heavy atom. The summed E-state index contributed by atoms with van der Waals surface area (Å²) in [5.41, 5.74) is 5.65. The fraction of sp³-hybridized carbons (Fsp3) is 0.889. The molecule has 1 rings (SSSR count). The average molecular weight is 202 g/mol. The Morgan fingerprint density at radius 3 is 2.69 bits per heavy atom. The van der Waals surface area contributed by atoms with E-state index in [-0.39, 0.29) is 11.9 Å². The van der Waals surface area contributed by atoms with Gasteiger partial charge >= 0.3 is 0 Å². The van der Waals surface area contributed by atoms with E-state index in [2.05, 4.69) is 0 Å². The van der Waals surface area contributed by atoms with Crippen molar-refractivity contribution in [1.29, 1.82) is 0 Å². The molecule has 2 N–H and O–H groups in total. The van der Waals surface area contributed by atoms with Gasteiger partial charge in [0.15, 0.2) is 0 Å². The number of carbonyl (C=O) groups excluding carboxylic acids is 1. The molecule has 0 radical (unpaired) electrons. The fourth-order valence-corrected chi connectivity index (χ4v) is 2.01. The maximum atomic E-state index is 11.5. The van der Waals surface area contributed by atoms with Gasteiger partial charge < -0.3 is 10.6 Å². The highest BCUT2D eigenvalue weighted by atomic mass is 32.2. The summed E-state index contributed by atoms with van der Waals surface area (Å²) >= 11 is 1.57. The monoisotopic (exact) mass is 202 g/mol. The summed E-state index contributed by atoms with van der Waals surface area (Å²) in [7, 11) is 1.87. The maximum absolute atomic E-state index is 11.5. The molecule has 1 atom stereocenters. The Labute approximate surface area is 84.0 Å². The lowest BCUT2D eigenvalue weighted by atomic mass is 10.1. The summed E-state index contributed by atoms with van der Waals surface area (Å²) in [4.78, 5) is 13.4. The Hall–Kier alpha value is -0.220. The van der Waals surface area contributed by atoms with Crippen molar-refractivity contribution < 1.29 is 4.79 Å². The quantitative estimate of drug-likeness (QED) is 0.708. The smallest absolute Gasteiger partial charge is 0.232 e. The molecule has 0 aliphatic heterocycles. The summed E-state index contributed by atoms with van der Waals surface area (Å²) < 4.78 is 0. The molecule has 0 bridgehead atoms. The van der Waals surface area contributed by atoms with Crippen LogP contribution >= 0.6 is 11.8 Å². The highest BCUT2D eigenvalue weighted by Crippen LogP contribution is 2.34. The van der Waals surface area contributed by atoms with Crippen LogP contribution in [-0.4, -0.2) is 42.4 Å². The molecule has 0 aromatic heterocycles. The van der Waals surface area contributed by atoms with E-state index in [1.54, 1.807) is 11.8 Å². The van der Waals surface area contributed by atoms with E-state index in [4.69, 9.17) is 5.73 Å². The summed E-state index contributed by atoms with van der Waals surface area (Å²) in [5.74, 6) is 1.44. The van der Waals surface area contributed by atoms with Crippen LogP contribution in [0.3, 0.4) is 0 Å². The number of nitrogens with two attached hydrogens (primary N) is 1. The van der Waals surface area contributed by atoms with Gasteiger partial charge in [-0.2, -0.15) is 11.8 Å². The van der Waals surface area contributed by atoms with Gasteiger partial charge in [-0.1, -0.05) is 0 Å². The summed E-state index contributed by atoms with van der Waals surface area (Å²) in [6, 6.07) is 0.277. The molecule has 0 aromatic carbocycles. The molecule has 4 heteroatoms. The second-order valence-corrected chi connectivity index (χ2v) is 4.44. The molecule has 1 amide bonds. The summed E-state index contributed by atoms with van der Waals surface area (Å²) in [6.45, 7) is 0.598. The topological polar surface area (TPSA) is 46.3 Å². The van der Waals surface area contributed by atoms with Gasteiger partial charge in [0, 0.05) is 19.6 Å². The molecule has 13 heavy (non-hydrogen) atoms. The molecule has 1 aliphatic rings. The first-order valence-corrected chi connectivity index (χ1v) is 6.04. The SMILES string of the molecule is CSCC(=O)N(C)C(CN)C1CC1. The molecule has 3 nitrogen and oxygen atoms in total. The number of likely N-dealkylation sites (N-methyl/N-ethyl adjacent to an activating group) is 1. The van der Waals surface area contributed by atoms with Gasteiger partial charge in [-0.3, -0.25) is 4.79 Å². The standard InChI is InChI=1S/C9H18N2OS/c1-11(9(12)6-13-2)8(5-10)7-3-4-7/h7-8H,3-6,10H2,1-2H3. The third-order valence-corrected chi connectivity index (χ3v) is 3.10. The highest BCUT2D eigenvalue weighted by molar-refractivity contribution is 7.99. The van der Waals surface area contributed by atoms with E-state index < -0.39 is 0 Å². The van der Waals surface area contributed by atoms with E-state index in [1.807, 2.05) is 18.2 Å². The Morgan fingerprint density at radius 1 is 1.69 bits per heavy atom. The summed E-state index contributed by atoms with van der Waals surface area (Å²) in [6.07, 6.45) is 4.41. The van der Waals surface area contributed by atoms with Crippen LogP contribution in [-0.2, 0) is 4.79 Å². The van der Waals surface area contributed by atoms with E-state index >= 15 is 0 Å². The highest BCUT2D eigenvalue weighted by Gasteiger charge is 2.34. The van der Waals surface area contributed by atoms with Crippen LogP contribution in [0, 0.1) is 5.92 Å². The number of hydrogen-bond donors (Lipinski definition) is 1. The van der Waals surface area contributed by atoms with Crippen molar-refractivity contribution in [3.8, 4) is 0 Å². The van der Waals surface area contributed by atoms with Crippen LogP contribution in [0.4, 0.5) is 0 Å². The van der Waals surface area contributed by atoms with Crippen LogP contribution in [0.1, 0.15) is 12.8 Å². The average Bonchev–Trinajstić information content (AvgIpc) is 2.90. The molecule has 0 spiro atoms. The number of rotatable bonds is 5.